The SMILES string of the molecule is C[C@@H](OC(=O)c1ccc[nH]c1=O)C(=O)Nc1cccc(C#N)c1. The third kappa shape index (κ3) is 4.04. The molecule has 0 spiro atoms. The van der Waals surface area contributed by atoms with Gasteiger partial charge in [0.05, 0.1) is 11.6 Å². The van der Waals surface area contributed by atoms with Gasteiger partial charge in [-0.3, -0.25) is 9.59 Å². The van der Waals surface area contributed by atoms with Crippen molar-refractivity contribution in [1.82, 2.24) is 4.98 Å². The number of nitrogens with one attached hydrogen (secondary N) is 2. The van der Waals surface area contributed by atoms with Gasteiger partial charge in [-0.15, -0.1) is 0 Å². The van der Waals surface area contributed by atoms with Crippen LogP contribution in [0.3, 0.4) is 0 Å². The predicted molar refractivity (Wildman–Crippen MR) is 81.7 cm³/mol. The molecule has 2 rings (SSSR count). The first kappa shape index (κ1) is 16.0. The standard InChI is InChI=1S/C16H13N3O4/c1-10(23-16(22)13-6-3-7-18-15(13)21)14(20)19-12-5-2-4-11(8-12)9-17/h2-8,10H,1H3,(H,18,21)(H,19,20)/t10-/m1/s1. The minimum atomic E-state index is -1.10. The highest BCUT2D eigenvalue weighted by molar-refractivity contribution is 5.97. The maximum absolute atomic E-state index is 12.0. The van der Waals surface area contributed by atoms with Gasteiger partial charge >= 0.3 is 5.97 Å². The van der Waals surface area contributed by atoms with Gasteiger partial charge in [0.15, 0.2) is 6.10 Å². The Balaban J connectivity index is 2.03. The molecule has 0 saturated heterocycles. The lowest BCUT2D eigenvalue weighted by Gasteiger charge is -2.13. The van der Waals surface area contributed by atoms with Crippen LogP contribution in [0, 0.1) is 11.3 Å². The Labute approximate surface area is 131 Å². The molecule has 0 bridgehead atoms. The van der Waals surface area contributed by atoms with Gasteiger partial charge in [-0.2, -0.15) is 5.26 Å². The number of pyridine rings is 1. The van der Waals surface area contributed by atoms with Gasteiger partial charge in [-0.1, -0.05) is 6.07 Å². The first-order valence-electron chi connectivity index (χ1n) is 6.71. The zero-order valence-electron chi connectivity index (χ0n) is 12.2. The number of anilines is 1. The Morgan fingerprint density at radius 2 is 2.09 bits per heavy atom. The quantitative estimate of drug-likeness (QED) is 0.829. The van der Waals surface area contributed by atoms with E-state index in [1.165, 1.54) is 31.3 Å². The van der Waals surface area contributed by atoms with Gasteiger partial charge in [0.1, 0.15) is 5.56 Å². The van der Waals surface area contributed by atoms with Crippen LogP contribution >= 0.6 is 0 Å². The average Bonchev–Trinajstić information content (AvgIpc) is 2.55. The van der Waals surface area contributed by atoms with Crippen LogP contribution in [0.2, 0.25) is 0 Å². The zero-order valence-corrected chi connectivity index (χ0v) is 12.2. The third-order valence-corrected chi connectivity index (χ3v) is 2.95. The molecule has 7 heteroatoms. The van der Waals surface area contributed by atoms with Crippen molar-refractivity contribution in [2.45, 2.75) is 13.0 Å². The maximum atomic E-state index is 12.0. The number of hydrogen-bond acceptors (Lipinski definition) is 5. The average molecular weight is 311 g/mol. The lowest BCUT2D eigenvalue weighted by molar-refractivity contribution is -0.123. The molecule has 0 aliphatic rings. The summed E-state index contributed by atoms with van der Waals surface area (Å²) >= 11 is 0. The van der Waals surface area contributed by atoms with Crippen LogP contribution in [-0.2, 0) is 9.53 Å². The van der Waals surface area contributed by atoms with E-state index in [9.17, 15) is 14.4 Å². The van der Waals surface area contributed by atoms with Crippen LogP contribution in [0.25, 0.3) is 0 Å². The van der Waals surface area contributed by atoms with Crippen molar-refractivity contribution in [3.63, 3.8) is 0 Å². The number of nitriles is 1. The van der Waals surface area contributed by atoms with E-state index in [-0.39, 0.29) is 5.56 Å². The minimum absolute atomic E-state index is 0.182. The van der Waals surface area contributed by atoms with Crippen molar-refractivity contribution in [2.24, 2.45) is 0 Å². The molecule has 1 aromatic carbocycles. The van der Waals surface area contributed by atoms with Crippen molar-refractivity contribution in [1.29, 1.82) is 5.26 Å². The molecule has 1 atom stereocenters. The van der Waals surface area contributed by atoms with Gasteiger partial charge in [0.2, 0.25) is 0 Å². The summed E-state index contributed by atoms with van der Waals surface area (Å²) in [5.74, 6) is -1.46. The number of aromatic nitrogens is 1. The number of rotatable bonds is 4. The summed E-state index contributed by atoms with van der Waals surface area (Å²) in [4.78, 5) is 37.7. The number of carbonyl (C=O) groups is 2. The molecule has 1 aromatic heterocycles. The number of hydrogen-bond donors (Lipinski definition) is 2. The highest BCUT2D eigenvalue weighted by atomic mass is 16.5. The Hall–Kier alpha value is -3.40. The summed E-state index contributed by atoms with van der Waals surface area (Å²) in [6, 6.07) is 11.1. The molecule has 0 saturated carbocycles. The highest BCUT2D eigenvalue weighted by Gasteiger charge is 2.20. The molecule has 0 unspecified atom stereocenters. The van der Waals surface area contributed by atoms with Crippen LogP contribution in [0.15, 0.2) is 47.4 Å². The summed E-state index contributed by atoms with van der Waals surface area (Å²) < 4.78 is 4.97. The van der Waals surface area contributed by atoms with Crippen LogP contribution in [0.1, 0.15) is 22.8 Å². The molecule has 2 aromatic rings. The monoisotopic (exact) mass is 311 g/mol. The fourth-order valence-corrected chi connectivity index (χ4v) is 1.77. The van der Waals surface area contributed by atoms with Crippen molar-refractivity contribution >= 4 is 17.6 Å². The fourth-order valence-electron chi connectivity index (χ4n) is 1.77. The van der Waals surface area contributed by atoms with Gasteiger partial charge in [-0.05, 0) is 37.3 Å². The molecule has 116 valence electrons. The first-order valence-corrected chi connectivity index (χ1v) is 6.71. The Morgan fingerprint density at radius 3 is 2.78 bits per heavy atom. The van der Waals surface area contributed by atoms with E-state index in [0.717, 1.165) is 0 Å². The molecule has 0 aliphatic carbocycles. The first-order chi connectivity index (χ1) is 11.0. The molecule has 0 radical (unpaired) electrons. The van der Waals surface area contributed by atoms with Crippen molar-refractivity contribution in [3.8, 4) is 6.07 Å². The molecule has 0 fully saturated rings. The second-order valence-electron chi connectivity index (χ2n) is 4.64. The lowest BCUT2D eigenvalue weighted by Crippen LogP contribution is -2.31. The van der Waals surface area contributed by atoms with Gasteiger partial charge in [0, 0.05) is 11.9 Å². The number of benzene rings is 1. The minimum Gasteiger partial charge on any atom is -0.449 e. The molecule has 2 N–H and O–H groups in total. The summed E-state index contributed by atoms with van der Waals surface area (Å²) in [6.45, 7) is 1.39. The Kier molecular flexibility index (Phi) is 4.89. The van der Waals surface area contributed by atoms with Crippen LogP contribution in [-0.4, -0.2) is 23.0 Å². The van der Waals surface area contributed by atoms with Crippen LogP contribution in [0.5, 0.6) is 0 Å². The molecule has 1 amide bonds. The van der Waals surface area contributed by atoms with Crippen molar-refractivity contribution in [3.05, 3.63) is 64.1 Å². The van der Waals surface area contributed by atoms with Crippen LogP contribution < -0.4 is 10.9 Å². The van der Waals surface area contributed by atoms with Gasteiger partial charge in [-0.25, -0.2) is 4.79 Å². The second kappa shape index (κ2) is 7.04. The lowest BCUT2D eigenvalue weighted by atomic mass is 10.2. The van der Waals surface area contributed by atoms with Crippen LogP contribution in [0.4, 0.5) is 5.69 Å². The topological polar surface area (TPSA) is 112 Å². The molecule has 1 heterocycles. The van der Waals surface area contributed by atoms with Crippen molar-refractivity contribution in [2.75, 3.05) is 5.32 Å². The van der Waals surface area contributed by atoms with E-state index in [1.54, 1.807) is 18.2 Å². The Morgan fingerprint density at radius 1 is 1.30 bits per heavy atom. The molecule has 7 nitrogen and oxygen atoms in total. The third-order valence-electron chi connectivity index (χ3n) is 2.95. The smallest absolute Gasteiger partial charge is 0.344 e. The zero-order chi connectivity index (χ0) is 16.8. The summed E-state index contributed by atoms with van der Waals surface area (Å²) in [5, 5.41) is 11.3. The van der Waals surface area contributed by atoms with E-state index in [1.807, 2.05) is 6.07 Å². The normalized spacial score (nSPS) is 11.1. The number of amides is 1. The summed E-state index contributed by atoms with van der Waals surface area (Å²) in [6.07, 6.45) is 0.282. The number of aromatic amines is 1. The molecule has 23 heavy (non-hydrogen) atoms. The van der Waals surface area contributed by atoms with E-state index in [4.69, 9.17) is 10.00 Å². The number of H-pyrrole nitrogens is 1. The van der Waals surface area contributed by atoms with E-state index < -0.39 is 23.5 Å². The van der Waals surface area contributed by atoms with E-state index in [2.05, 4.69) is 10.3 Å². The number of ether oxygens (including phenoxy) is 1. The maximum Gasteiger partial charge on any atom is 0.344 e. The summed E-state index contributed by atoms with van der Waals surface area (Å²) in [5.41, 5.74) is 0.0308. The largest absolute Gasteiger partial charge is 0.449 e. The van der Waals surface area contributed by atoms with Gasteiger partial charge in [0.25, 0.3) is 11.5 Å². The van der Waals surface area contributed by atoms with E-state index >= 15 is 0 Å². The number of esters is 1. The summed E-state index contributed by atoms with van der Waals surface area (Å²) in [7, 11) is 0. The Bertz CT molecular complexity index is 835. The predicted octanol–water partition coefficient (Wildman–Crippen LogP) is 1.43. The fraction of sp³-hybridized carbons (Fsp3) is 0.125. The highest BCUT2D eigenvalue weighted by Crippen LogP contribution is 2.11. The number of nitrogens with zero attached hydrogens (tertiary/aromatic N) is 1. The molecular weight excluding hydrogens is 298 g/mol. The molecule has 0 aliphatic heterocycles. The van der Waals surface area contributed by atoms with E-state index in [0.29, 0.717) is 11.3 Å². The molecular formula is C16H13N3O4. The van der Waals surface area contributed by atoms with Crippen molar-refractivity contribution < 1.29 is 14.3 Å². The number of carbonyl (C=O) groups excluding carboxylic acids is 2. The van der Waals surface area contributed by atoms with Gasteiger partial charge < -0.3 is 15.0 Å². The second-order valence-corrected chi connectivity index (χ2v) is 4.64.